The number of hydrogen-bond acceptors (Lipinski definition) is 11. The second kappa shape index (κ2) is 34.0. The number of unbranched alkanes of at least 4 members (excludes halogenated alkanes) is 12. The molecule has 13 heteroatoms. The Balaban J connectivity index is 2.52. The number of carbonyl (C=O) groups excluding carboxylic acids is 2. The minimum Gasteiger partial charge on any atom is -0.462 e. The Morgan fingerprint density at radius 1 is 0.632 bits per heavy atom. The molecule has 0 saturated carbocycles. The minimum absolute atomic E-state index is 0.138. The molecule has 1 aliphatic heterocycles. The first kappa shape index (κ1) is 52.1. The highest BCUT2D eigenvalue weighted by atomic mass is 32.2. The summed E-state index contributed by atoms with van der Waals surface area (Å²) in [4.78, 5) is 25.3. The molecule has 0 aromatic rings. The Labute approximate surface area is 342 Å². The lowest BCUT2D eigenvalue weighted by Gasteiger charge is -2.40. The van der Waals surface area contributed by atoms with E-state index in [9.17, 15) is 37.9 Å². The van der Waals surface area contributed by atoms with Crippen LogP contribution >= 0.6 is 0 Å². The molecule has 1 fully saturated rings. The van der Waals surface area contributed by atoms with Crippen LogP contribution in [-0.2, 0) is 38.7 Å². The van der Waals surface area contributed by atoms with Crippen molar-refractivity contribution in [1.82, 2.24) is 0 Å². The second-order valence-corrected chi connectivity index (χ2v) is 15.9. The van der Waals surface area contributed by atoms with Crippen LogP contribution in [0.4, 0.5) is 0 Å². The van der Waals surface area contributed by atoms with Crippen molar-refractivity contribution in [2.45, 2.75) is 173 Å². The van der Waals surface area contributed by atoms with Crippen molar-refractivity contribution in [2.75, 3.05) is 19.0 Å². The Morgan fingerprint density at radius 3 is 1.79 bits per heavy atom. The molecule has 1 saturated heterocycles. The number of aliphatic hydroxyl groups is 3. The van der Waals surface area contributed by atoms with Crippen LogP contribution in [0.2, 0.25) is 0 Å². The Bertz CT molecular complexity index is 1340. The molecule has 0 radical (unpaired) electrons. The maximum atomic E-state index is 12.8. The number of ether oxygens (including phenoxy) is 4. The maximum absolute atomic E-state index is 12.8. The summed E-state index contributed by atoms with van der Waals surface area (Å²) < 4.78 is 53.9. The first-order valence-corrected chi connectivity index (χ1v) is 22.7. The van der Waals surface area contributed by atoms with Crippen molar-refractivity contribution in [3.8, 4) is 0 Å². The monoisotopic (exact) mass is 824 g/mol. The number of hydrogen-bond donors (Lipinski definition) is 4. The molecular formula is C44H72O12S. The van der Waals surface area contributed by atoms with E-state index in [4.69, 9.17) is 18.9 Å². The summed E-state index contributed by atoms with van der Waals surface area (Å²) in [6, 6.07) is 0. The van der Waals surface area contributed by atoms with Gasteiger partial charge in [-0.3, -0.25) is 14.1 Å². The molecule has 0 aliphatic carbocycles. The Kier molecular flexibility index (Phi) is 31.1. The fraction of sp³-hybridized carbons (Fsp3) is 0.682. The zero-order chi connectivity index (χ0) is 42.0. The maximum Gasteiger partial charge on any atom is 0.306 e. The third-order valence-corrected chi connectivity index (χ3v) is 9.86. The van der Waals surface area contributed by atoms with Gasteiger partial charge in [0.25, 0.3) is 10.1 Å². The fourth-order valence-corrected chi connectivity index (χ4v) is 6.51. The number of aliphatic hydroxyl groups excluding tert-OH is 3. The molecule has 0 aromatic heterocycles. The van der Waals surface area contributed by atoms with E-state index in [0.717, 1.165) is 83.5 Å². The summed E-state index contributed by atoms with van der Waals surface area (Å²) in [6.07, 6.45) is 32.3. The smallest absolute Gasteiger partial charge is 0.306 e. The second-order valence-electron chi connectivity index (χ2n) is 14.4. The predicted octanol–water partition coefficient (Wildman–Crippen LogP) is 7.94. The van der Waals surface area contributed by atoms with E-state index in [0.29, 0.717) is 12.8 Å². The van der Waals surface area contributed by atoms with Crippen molar-refractivity contribution in [3.63, 3.8) is 0 Å². The van der Waals surface area contributed by atoms with Crippen LogP contribution in [0.5, 0.6) is 0 Å². The van der Waals surface area contributed by atoms with Gasteiger partial charge in [0.1, 0.15) is 36.8 Å². The first-order valence-electron chi connectivity index (χ1n) is 21.0. The first-order chi connectivity index (χ1) is 27.5. The predicted molar refractivity (Wildman–Crippen MR) is 224 cm³/mol. The fourth-order valence-electron chi connectivity index (χ4n) is 5.82. The topological polar surface area (TPSA) is 186 Å². The van der Waals surface area contributed by atoms with E-state index in [2.05, 4.69) is 50.3 Å². The molecule has 0 aromatic carbocycles. The quantitative estimate of drug-likeness (QED) is 0.0165. The minimum atomic E-state index is -4.61. The van der Waals surface area contributed by atoms with Gasteiger partial charge in [0.05, 0.1) is 6.61 Å². The highest BCUT2D eigenvalue weighted by Crippen LogP contribution is 2.24. The van der Waals surface area contributed by atoms with Crippen LogP contribution in [0.1, 0.15) is 136 Å². The molecule has 1 rings (SSSR count). The molecule has 1 aliphatic rings. The third kappa shape index (κ3) is 29.0. The van der Waals surface area contributed by atoms with E-state index < -0.39 is 71.2 Å². The summed E-state index contributed by atoms with van der Waals surface area (Å²) in [5.74, 6) is -2.04. The van der Waals surface area contributed by atoms with E-state index in [-0.39, 0.29) is 19.4 Å². The van der Waals surface area contributed by atoms with E-state index in [1.165, 1.54) is 12.8 Å². The summed E-state index contributed by atoms with van der Waals surface area (Å²) in [5, 5.41) is 30.8. The van der Waals surface area contributed by atoms with Crippen LogP contribution in [0.15, 0.2) is 72.9 Å². The molecule has 0 spiro atoms. The lowest BCUT2D eigenvalue weighted by atomic mass is 10.00. The van der Waals surface area contributed by atoms with Crippen molar-refractivity contribution < 1.29 is 56.8 Å². The third-order valence-electron chi connectivity index (χ3n) is 9.11. The number of allylic oxidation sites excluding steroid dienone is 12. The number of esters is 2. The summed E-state index contributed by atoms with van der Waals surface area (Å²) in [6.45, 7) is 3.52. The lowest BCUT2D eigenvalue weighted by Crippen LogP contribution is -2.60. The average Bonchev–Trinajstić information content (AvgIpc) is 3.17. The number of carbonyl (C=O) groups is 2. The van der Waals surface area contributed by atoms with Gasteiger partial charge in [-0.2, -0.15) is 8.42 Å². The number of rotatable bonds is 33. The zero-order valence-corrected chi connectivity index (χ0v) is 35.2. The van der Waals surface area contributed by atoms with Crippen LogP contribution in [-0.4, -0.2) is 96.0 Å². The lowest BCUT2D eigenvalue weighted by molar-refractivity contribution is -0.297. The molecule has 4 N–H and O–H groups in total. The standard InChI is InChI=1S/C44H72O12S/c1-3-5-7-9-11-13-15-17-19-21-22-24-26-28-30-32-39(45)53-34-37(35-54-44-43(49)42(48)41(47)38(56-44)36-57(50,51)52)55-40(46)33-31-29-27-25-23-20-18-16-14-12-10-8-6-4-2/h5,7,9-13,15-19,37-38,41-44,47-49H,3-4,6,8,14,20-36H2,1-2H3,(H,50,51,52)/b7-5+,11-9+,12-10+,15-13+,18-16+,19-17+/t37-,38-,41-,42?,43?,44+/m1/s1. The highest BCUT2D eigenvalue weighted by Gasteiger charge is 2.46. The molecule has 0 amide bonds. The van der Waals surface area contributed by atoms with E-state index in [1.54, 1.807) is 0 Å². The van der Waals surface area contributed by atoms with Crippen LogP contribution < -0.4 is 0 Å². The molecule has 326 valence electrons. The molecule has 12 nitrogen and oxygen atoms in total. The molecule has 0 bridgehead atoms. The van der Waals surface area contributed by atoms with Crippen LogP contribution in [0.3, 0.4) is 0 Å². The molecule has 2 unspecified atom stereocenters. The van der Waals surface area contributed by atoms with Crippen molar-refractivity contribution in [1.29, 1.82) is 0 Å². The summed E-state index contributed by atoms with van der Waals surface area (Å²) >= 11 is 0. The Morgan fingerprint density at radius 2 is 1.18 bits per heavy atom. The Hall–Kier alpha value is -2.91. The van der Waals surface area contributed by atoms with Gasteiger partial charge in [-0.15, -0.1) is 0 Å². The van der Waals surface area contributed by atoms with Gasteiger partial charge in [-0.05, 0) is 57.8 Å². The van der Waals surface area contributed by atoms with Gasteiger partial charge in [-0.25, -0.2) is 0 Å². The van der Waals surface area contributed by atoms with Gasteiger partial charge < -0.3 is 34.3 Å². The van der Waals surface area contributed by atoms with Gasteiger partial charge in [0, 0.05) is 12.8 Å². The molecular weight excluding hydrogens is 753 g/mol. The molecule has 6 atom stereocenters. The molecule has 57 heavy (non-hydrogen) atoms. The average molecular weight is 825 g/mol. The van der Waals surface area contributed by atoms with Crippen molar-refractivity contribution in [3.05, 3.63) is 72.9 Å². The summed E-state index contributed by atoms with van der Waals surface area (Å²) in [5.41, 5.74) is 0. The molecule has 1 heterocycles. The van der Waals surface area contributed by atoms with Crippen LogP contribution in [0.25, 0.3) is 0 Å². The normalized spacial score (nSPS) is 21.3. The van der Waals surface area contributed by atoms with Gasteiger partial charge in [-0.1, -0.05) is 138 Å². The largest absolute Gasteiger partial charge is 0.462 e. The highest BCUT2D eigenvalue weighted by molar-refractivity contribution is 7.85. The van der Waals surface area contributed by atoms with Crippen LogP contribution in [0, 0.1) is 0 Å². The van der Waals surface area contributed by atoms with Gasteiger partial charge >= 0.3 is 11.9 Å². The summed E-state index contributed by atoms with van der Waals surface area (Å²) in [7, 11) is -4.61. The zero-order valence-electron chi connectivity index (χ0n) is 34.4. The van der Waals surface area contributed by atoms with E-state index in [1.807, 2.05) is 36.5 Å². The van der Waals surface area contributed by atoms with Crippen molar-refractivity contribution in [2.24, 2.45) is 0 Å². The SMILES string of the molecule is CC/C=C/C=C/C=C/C=C/CCCCCCCC(=O)OC[C@H](CO[C@H]1O[C@H](CS(=O)(=O)O)[C@@H](O)C(O)C1O)OC(=O)CCCCCCC/C=C/C/C=C/CCCC. The van der Waals surface area contributed by atoms with Crippen molar-refractivity contribution >= 4 is 22.1 Å². The van der Waals surface area contributed by atoms with E-state index >= 15 is 0 Å². The van der Waals surface area contributed by atoms with Gasteiger partial charge in [0.15, 0.2) is 12.4 Å². The van der Waals surface area contributed by atoms with Gasteiger partial charge in [0.2, 0.25) is 0 Å².